The number of anilines is 1. The zero-order valence-electron chi connectivity index (χ0n) is 16.7. The summed E-state index contributed by atoms with van der Waals surface area (Å²) in [5.41, 5.74) is 7.18. The Balaban J connectivity index is 2.00. The molecule has 0 aromatic heterocycles. The fraction of sp³-hybridized carbons (Fsp3) is 0.333. The van der Waals surface area contributed by atoms with E-state index >= 15 is 0 Å². The molecule has 2 rings (SSSR count). The number of carbonyl (C=O) groups is 2. The zero-order valence-corrected chi connectivity index (χ0v) is 16.7. The highest BCUT2D eigenvalue weighted by molar-refractivity contribution is 5.92. The third-order valence-corrected chi connectivity index (χ3v) is 4.53. The van der Waals surface area contributed by atoms with Crippen molar-refractivity contribution in [3.63, 3.8) is 0 Å². The summed E-state index contributed by atoms with van der Waals surface area (Å²) >= 11 is 0. The minimum Gasteiger partial charge on any atom is -0.452 e. The van der Waals surface area contributed by atoms with Gasteiger partial charge >= 0.3 is 5.97 Å². The molecule has 29 heavy (non-hydrogen) atoms. The number of aryl methyl sites for hydroxylation is 1. The molecule has 154 valence electrons. The maximum Gasteiger partial charge on any atom is 0.338 e. The van der Waals surface area contributed by atoms with Gasteiger partial charge in [0.1, 0.15) is 5.69 Å². The minimum absolute atomic E-state index is 0.0470. The Labute approximate surface area is 169 Å². The monoisotopic (exact) mass is 399 g/mol. The normalized spacial score (nSPS) is 11.7. The fourth-order valence-corrected chi connectivity index (χ4v) is 2.85. The molecule has 0 fully saturated rings. The number of hydrogen-bond donors (Lipinski definition) is 2. The van der Waals surface area contributed by atoms with Crippen LogP contribution >= 0.6 is 0 Å². The first kappa shape index (κ1) is 21.9. The van der Waals surface area contributed by atoms with Crippen molar-refractivity contribution in [1.29, 1.82) is 0 Å². The number of nitrogens with one attached hydrogen (secondary N) is 1. The van der Waals surface area contributed by atoms with Gasteiger partial charge in [-0.2, -0.15) is 0 Å². The molecule has 0 aliphatic heterocycles. The first-order valence-electron chi connectivity index (χ1n) is 9.32. The van der Waals surface area contributed by atoms with Gasteiger partial charge in [0.2, 0.25) is 0 Å². The van der Waals surface area contributed by atoms with Crippen LogP contribution in [0.2, 0.25) is 0 Å². The van der Waals surface area contributed by atoms with E-state index in [1.54, 1.807) is 0 Å². The lowest BCUT2D eigenvalue weighted by atomic mass is 9.95. The minimum atomic E-state index is -0.836. The van der Waals surface area contributed by atoms with Crippen molar-refractivity contribution in [3.05, 3.63) is 69.3 Å². The van der Waals surface area contributed by atoms with Gasteiger partial charge in [0.05, 0.1) is 16.5 Å². The highest BCUT2D eigenvalue weighted by atomic mass is 16.6. The molecule has 8 nitrogen and oxygen atoms in total. The maximum atomic E-state index is 12.3. The van der Waals surface area contributed by atoms with Crippen LogP contribution in [0, 0.1) is 16.0 Å². The molecule has 0 saturated carbocycles. The summed E-state index contributed by atoms with van der Waals surface area (Å²) in [7, 11) is 0. The van der Waals surface area contributed by atoms with Crippen molar-refractivity contribution < 1.29 is 19.2 Å². The van der Waals surface area contributed by atoms with E-state index in [4.69, 9.17) is 10.5 Å². The van der Waals surface area contributed by atoms with Crippen LogP contribution in [0.1, 0.15) is 48.3 Å². The molecular weight excluding hydrogens is 374 g/mol. The number of nitrogens with zero attached hydrogens (tertiary/aromatic N) is 1. The van der Waals surface area contributed by atoms with Crippen molar-refractivity contribution in [3.8, 4) is 0 Å². The molecule has 0 spiro atoms. The van der Waals surface area contributed by atoms with Crippen molar-refractivity contribution in [2.45, 2.75) is 33.2 Å². The number of nitrogen functional groups attached to an aromatic ring is 1. The number of benzene rings is 2. The van der Waals surface area contributed by atoms with Crippen molar-refractivity contribution in [1.82, 2.24) is 5.32 Å². The second-order valence-corrected chi connectivity index (χ2v) is 6.99. The molecule has 3 N–H and O–H groups in total. The molecule has 0 bridgehead atoms. The van der Waals surface area contributed by atoms with E-state index in [2.05, 4.69) is 12.2 Å². The Morgan fingerprint density at radius 2 is 1.83 bits per heavy atom. The van der Waals surface area contributed by atoms with Crippen LogP contribution in [0.3, 0.4) is 0 Å². The van der Waals surface area contributed by atoms with Crippen molar-refractivity contribution in [2.75, 3.05) is 12.3 Å². The first-order valence-corrected chi connectivity index (χ1v) is 9.32. The Morgan fingerprint density at radius 3 is 2.38 bits per heavy atom. The molecule has 1 atom stereocenters. The zero-order chi connectivity index (χ0) is 21.6. The number of nitrogens with two attached hydrogens (primary N) is 1. The lowest BCUT2D eigenvalue weighted by molar-refractivity contribution is -0.383. The topological polar surface area (TPSA) is 125 Å². The Hall–Kier alpha value is -3.42. The van der Waals surface area contributed by atoms with Crippen LogP contribution in [0.15, 0.2) is 42.5 Å². The Morgan fingerprint density at radius 1 is 1.17 bits per heavy atom. The predicted octanol–water partition coefficient (Wildman–Crippen LogP) is 3.41. The molecule has 0 aliphatic carbocycles. The largest absolute Gasteiger partial charge is 0.452 e. The molecule has 0 aliphatic rings. The molecule has 1 amide bonds. The molecule has 2 aromatic carbocycles. The smallest absolute Gasteiger partial charge is 0.338 e. The third kappa shape index (κ3) is 5.78. The third-order valence-electron chi connectivity index (χ3n) is 4.53. The highest BCUT2D eigenvalue weighted by Crippen LogP contribution is 2.23. The van der Waals surface area contributed by atoms with Gasteiger partial charge in [-0.25, -0.2) is 4.79 Å². The van der Waals surface area contributed by atoms with E-state index in [9.17, 15) is 19.7 Å². The molecular formula is C21H25N3O5. The van der Waals surface area contributed by atoms with Gasteiger partial charge in [-0.15, -0.1) is 0 Å². The summed E-state index contributed by atoms with van der Waals surface area (Å²) in [5, 5.41) is 13.8. The molecule has 0 saturated heterocycles. The average molecular weight is 399 g/mol. The van der Waals surface area contributed by atoms with Crippen LogP contribution < -0.4 is 11.1 Å². The number of carbonyl (C=O) groups excluding carboxylic acids is 2. The first-order chi connectivity index (χ1) is 13.7. The SMILES string of the molecule is CCc1ccc([C@H](NC(=O)COC(=O)c2ccc(N)c([N+](=O)[O-])c2)C(C)C)cc1. The number of ether oxygens (including phenoxy) is 1. The second kappa shape index (κ2) is 9.68. The number of esters is 1. The van der Waals surface area contributed by atoms with Crippen LogP contribution in [0.5, 0.6) is 0 Å². The molecule has 0 heterocycles. The summed E-state index contributed by atoms with van der Waals surface area (Å²) in [6.07, 6.45) is 0.929. The fourth-order valence-electron chi connectivity index (χ4n) is 2.85. The Bertz CT molecular complexity index is 894. The quantitative estimate of drug-likeness (QED) is 0.303. The lowest BCUT2D eigenvalue weighted by Gasteiger charge is -2.23. The van der Waals surface area contributed by atoms with E-state index in [1.807, 2.05) is 38.1 Å². The van der Waals surface area contributed by atoms with E-state index in [0.717, 1.165) is 18.1 Å². The summed E-state index contributed by atoms with van der Waals surface area (Å²) in [6.45, 7) is 5.55. The van der Waals surface area contributed by atoms with Crippen molar-refractivity contribution >= 4 is 23.3 Å². The van der Waals surface area contributed by atoms with E-state index in [1.165, 1.54) is 17.7 Å². The number of nitro benzene ring substituents is 1. The van der Waals surface area contributed by atoms with Crippen LogP contribution in [-0.4, -0.2) is 23.4 Å². The predicted molar refractivity (Wildman–Crippen MR) is 109 cm³/mol. The number of rotatable bonds is 8. The summed E-state index contributed by atoms with van der Waals surface area (Å²) in [4.78, 5) is 34.7. The summed E-state index contributed by atoms with van der Waals surface area (Å²) < 4.78 is 5.00. The van der Waals surface area contributed by atoms with Gasteiger partial charge in [0.15, 0.2) is 6.61 Å². The number of amides is 1. The Kier molecular flexibility index (Phi) is 7.30. The molecule has 2 aromatic rings. The average Bonchev–Trinajstić information content (AvgIpc) is 2.70. The van der Waals surface area contributed by atoms with Gasteiger partial charge in [-0.05, 0) is 35.6 Å². The molecule has 0 radical (unpaired) electrons. The van der Waals surface area contributed by atoms with E-state index < -0.39 is 23.4 Å². The maximum absolute atomic E-state index is 12.3. The van der Waals surface area contributed by atoms with Crippen LogP contribution in [0.4, 0.5) is 11.4 Å². The molecule has 0 unspecified atom stereocenters. The van der Waals surface area contributed by atoms with Gasteiger partial charge in [0.25, 0.3) is 11.6 Å². The van der Waals surface area contributed by atoms with E-state index in [0.29, 0.717) is 0 Å². The van der Waals surface area contributed by atoms with Gasteiger partial charge in [-0.1, -0.05) is 45.0 Å². The number of hydrogen-bond acceptors (Lipinski definition) is 6. The van der Waals surface area contributed by atoms with E-state index in [-0.39, 0.29) is 28.9 Å². The van der Waals surface area contributed by atoms with Gasteiger partial charge in [-0.3, -0.25) is 14.9 Å². The van der Waals surface area contributed by atoms with Crippen LogP contribution in [-0.2, 0) is 16.0 Å². The number of nitro groups is 1. The highest BCUT2D eigenvalue weighted by Gasteiger charge is 2.21. The van der Waals surface area contributed by atoms with Crippen molar-refractivity contribution in [2.24, 2.45) is 5.92 Å². The van der Waals surface area contributed by atoms with Gasteiger partial charge < -0.3 is 15.8 Å². The summed E-state index contributed by atoms with van der Waals surface area (Å²) in [6, 6.07) is 11.4. The molecule has 8 heteroatoms. The standard InChI is InChI=1S/C21H25N3O5/c1-4-14-5-7-15(8-6-14)20(13(2)3)23-19(25)12-29-21(26)16-9-10-17(22)18(11-16)24(27)28/h5-11,13,20H,4,12,22H2,1-3H3,(H,23,25)/t20-/m1/s1. The summed E-state index contributed by atoms with van der Waals surface area (Å²) in [5.74, 6) is -1.17. The van der Waals surface area contributed by atoms with Gasteiger partial charge in [0, 0.05) is 6.07 Å². The van der Waals surface area contributed by atoms with Crippen LogP contribution in [0.25, 0.3) is 0 Å². The second-order valence-electron chi connectivity index (χ2n) is 6.99. The lowest BCUT2D eigenvalue weighted by Crippen LogP contribution is -2.35.